The number of para-hydroxylation sites is 1. The van der Waals surface area contributed by atoms with Crippen LogP contribution in [0.15, 0.2) is 30.3 Å². The van der Waals surface area contributed by atoms with Gasteiger partial charge >= 0.3 is 0 Å². The Morgan fingerprint density at radius 1 is 1.36 bits per heavy atom. The minimum Gasteiger partial charge on any atom is -0.396 e. The molecule has 3 heteroatoms. The standard InChI is InChI=1S/C11H11NO2/c13-7-3-5-9-8-4-1-2-6-10(8)12-11(9)14/h1-2,4-6,13H,3,7H2,(H,12,14)/b9-5-. The van der Waals surface area contributed by atoms with Gasteiger partial charge < -0.3 is 10.4 Å². The van der Waals surface area contributed by atoms with E-state index in [0.717, 1.165) is 11.3 Å². The summed E-state index contributed by atoms with van der Waals surface area (Å²) in [5.41, 5.74) is 2.43. The van der Waals surface area contributed by atoms with E-state index in [1.165, 1.54) is 0 Å². The molecule has 0 atom stereocenters. The van der Waals surface area contributed by atoms with Crippen LogP contribution < -0.4 is 5.32 Å². The number of carbonyl (C=O) groups is 1. The van der Waals surface area contributed by atoms with E-state index >= 15 is 0 Å². The molecule has 0 aromatic heterocycles. The molecule has 1 amide bonds. The maximum atomic E-state index is 11.5. The molecule has 0 saturated heterocycles. The summed E-state index contributed by atoms with van der Waals surface area (Å²) in [4.78, 5) is 11.5. The van der Waals surface area contributed by atoms with Crippen molar-refractivity contribution in [1.29, 1.82) is 0 Å². The molecule has 1 aliphatic rings. The maximum absolute atomic E-state index is 11.5. The Labute approximate surface area is 82.1 Å². The van der Waals surface area contributed by atoms with Crippen molar-refractivity contribution >= 4 is 17.2 Å². The highest BCUT2D eigenvalue weighted by Gasteiger charge is 2.22. The smallest absolute Gasteiger partial charge is 0.256 e. The monoisotopic (exact) mass is 189 g/mol. The fourth-order valence-electron chi connectivity index (χ4n) is 1.55. The van der Waals surface area contributed by atoms with Crippen molar-refractivity contribution in [3.8, 4) is 0 Å². The van der Waals surface area contributed by atoms with Gasteiger partial charge in [-0.25, -0.2) is 0 Å². The third-order valence-corrected chi connectivity index (χ3v) is 2.19. The molecular weight excluding hydrogens is 178 g/mol. The number of anilines is 1. The molecule has 72 valence electrons. The lowest BCUT2D eigenvalue weighted by molar-refractivity contribution is -0.110. The van der Waals surface area contributed by atoms with E-state index in [-0.39, 0.29) is 12.5 Å². The van der Waals surface area contributed by atoms with Crippen LogP contribution in [0.25, 0.3) is 5.57 Å². The average Bonchev–Trinajstić information content (AvgIpc) is 2.51. The third kappa shape index (κ3) is 1.42. The molecule has 3 nitrogen and oxygen atoms in total. The van der Waals surface area contributed by atoms with Crippen molar-refractivity contribution in [2.45, 2.75) is 6.42 Å². The van der Waals surface area contributed by atoms with Crippen molar-refractivity contribution in [2.75, 3.05) is 11.9 Å². The zero-order valence-electron chi connectivity index (χ0n) is 7.66. The van der Waals surface area contributed by atoms with Crippen molar-refractivity contribution in [1.82, 2.24) is 0 Å². The molecule has 0 spiro atoms. The quantitative estimate of drug-likeness (QED) is 0.691. The molecule has 2 rings (SSSR count). The van der Waals surface area contributed by atoms with E-state index in [2.05, 4.69) is 5.32 Å². The Bertz CT molecular complexity index is 396. The number of aliphatic hydroxyl groups is 1. The fraction of sp³-hybridized carbons (Fsp3) is 0.182. The molecule has 0 radical (unpaired) electrons. The van der Waals surface area contributed by atoms with Gasteiger partial charge in [-0.3, -0.25) is 4.79 Å². The molecular formula is C11H11NO2. The lowest BCUT2D eigenvalue weighted by Gasteiger charge is -1.95. The predicted molar refractivity (Wildman–Crippen MR) is 54.8 cm³/mol. The number of amides is 1. The molecule has 1 aliphatic heterocycles. The first kappa shape index (κ1) is 8.97. The van der Waals surface area contributed by atoms with Gasteiger partial charge in [-0.05, 0) is 12.5 Å². The summed E-state index contributed by atoms with van der Waals surface area (Å²) in [6.07, 6.45) is 2.28. The molecule has 1 aromatic rings. The van der Waals surface area contributed by atoms with Crippen molar-refractivity contribution in [3.63, 3.8) is 0 Å². The zero-order chi connectivity index (χ0) is 9.97. The SMILES string of the molecule is O=C1Nc2ccccc2/C1=C/CCO. The Balaban J connectivity index is 2.39. The maximum Gasteiger partial charge on any atom is 0.256 e. The van der Waals surface area contributed by atoms with Gasteiger partial charge in [0.1, 0.15) is 0 Å². The van der Waals surface area contributed by atoms with Crippen LogP contribution in [0.2, 0.25) is 0 Å². The highest BCUT2D eigenvalue weighted by molar-refractivity contribution is 6.31. The average molecular weight is 189 g/mol. The third-order valence-electron chi connectivity index (χ3n) is 2.19. The summed E-state index contributed by atoms with van der Waals surface area (Å²) in [7, 11) is 0. The molecule has 1 heterocycles. The highest BCUT2D eigenvalue weighted by atomic mass is 16.2. The first-order valence-corrected chi connectivity index (χ1v) is 4.54. The Hall–Kier alpha value is -1.61. The van der Waals surface area contributed by atoms with E-state index in [1.54, 1.807) is 6.08 Å². The number of hydrogen-bond donors (Lipinski definition) is 2. The fourth-order valence-corrected chi connectivity index (χ4v) is 1.55. The number of carbonyl (C=O) groups excluding carboxylic acids is 1. The van der Waals surface area contributed by atoms with Crippen LogP contribution in [0.1, 0.15) is 12.0 Å². The van der Waals surface area contributed by atoms with E-state index in [0.29, 0.717) is 12.0 Å². The van der Waals surface area contributed by atoms with Crippen LogP contribution in [-0.2, 0) is 4.79 Å². The minimum atomic E-state index is -0.0837. The first-order valence-electron chi connectivity index (χ1n) is 4.54. The van der Waals surface area contributed by atoms with Crippen molar-refractivity contribution in [2.24, 2.45) is 0 Å². The highest BCUT2D eigenvalue weighted by Crippen LogP contribution is 2.31. The summed E-state index contributed by atoms with van der Waals surface area (Å²) in [6, 6.07) is 7.55. The van der Waals surface area contributed by atoms with Gasteiger partial charge in [-0.2, -0.15) is 0 Å². The minimum absolute atomic E-state index is 0.0684. The number of rotatable bonds is 2. The number of benzene rings is 1. The number of hydrogen-bond acceptors (Lipinski definition) is 2. The second kappa shape index (κ2) is 3.64. The van der Waals surface area contributed by atoms with E-state index in [4.69, 9.17) is 5.11 Å². The largest absolute Gasteiger partial charge is 0.396 e. The van der Waals surface area contributed by atoms with Crippen molar-refractivity contribution < 1.29 is 9.90 Å². The number of nitrogens with one attached hydrogen (secondary N) is 1. The van der Waals surface area contributed by atoms with Crippen LogP contribution in [0.3, 0.4) is 0 Å². The number of fused-ring (bicyclic) bond motifs is 1. The summed E-state index contributed by atoms with van der Waals surface area (Å²) in [5.74, 6) is -0.0837. The van der Waals surface area contributed by atoms with Gasteiger partial charge in [0.05, 0.1) is 0 Å². The lowest BCUT2D eigenvalue weighted by atomic mass is 10.1. The Morgan fingerprint density at radius 3 is 2.93 bits per heavy atom. The van der Waals surface area contributed by atoms with Crippen molar-refractivity contribution in [3.05, 3.63) is 35.9 Å². The van der Waals surface area contributed by atoms with Gasteiger partial charge in [0.2, 0.25) is 0 Å². The second-order valence-corrected chi connectivity index (χ2v) is 3.13. The Kier molecular flexibility index (Phi) is 2.33. The van der Waals surface area contributed by atoms with Crippen LogP contribution in [-0.4, -0.2) is 17.6 Å². The topological polar surface area (TPSA) is 49.3 Å². The molecule has 1 aromatic carbocycles. The molecule has 0 bridgehead atoms. The lowest BCUT2D eigenvalue weighted by Crippen LogP contribution is -2.03. The van der Waals surface area contributed by atoms with Gasteiger partial charge in [0, 0.05) is 23.4 Å². The molecule has 0 saturated carbocycles. The van der Waals surface area contributed by atoms with E-state index < -0.39 is 0 Å². The number of aliphatic hydroxyl groups excluding tert-OH is 1. The normalized spacial score (nSPS) is 16.9. The first-order chi connectivity index (χ1) is 6.83. The molecule has 14 heavy (non-hydrogen) atoms. The second-order valence-electron chi connectivity index (χ2n) is 3.13. The summed E-state index contributed by atoms with van der Waals surface area (Å²) < 4.78 is 0. The molecule has 0 fully saturated rings. The van der Waals surface area contributed by atoms with Crippen LogP contribution in [0.4, 0.5) is 5.69 Å². The summed E-state index contributed by atoms with van der Waals surface area (Å²) >= 11 is 0. The van der Waals surface area contributed by atoms with Crippen LogP contribution in [0, 0.1) is 0 Å². The van der Waals surface area contributed by atoms with Gasteiger partial charge in [-0.1, -0.05) is 24.3 Å². The van der Waals surface area contributed by atoms with E-state index in [1.807, 2.05) is 24.3 Å². The summed E-state index contributed by atoms with van der Waals surface area (Å²) in [6.45, 7) is 0.0684. The molecule has 0 unspecified atom stereocenters. The Morgan fingerprint density at radius 2 is 2.14 bits per heavy atom. The van der Waals surface area contributed by atoms with Gasteiger partial charge in [-0.15, -0.1) is 0 Å². The van der Waals surface area contributed by atoms with Crippen LogP contribution in [0.5, 0.6) is 0 Å². The molecule has 0 aliphatic carbocycles. The van der Waals surface area contributed by atoms with E-state index in [9.17, 15) is 4.79 Å². The molecule has 2 N–H and O–H groups in total. The summed E-state index contributed by atoms with van der Waals surface area (Å²) in [5, 5.41) is 11.5. The zero-order valence-corrected chi connectivity index (χ0v) is 7.66. The van der Waals surface area contributed by atoms with Crippen LogP contribution >= 0.6 is 0 Å². The van der Waals surface area contributed by atoms with Gasteiger partial charge in [0.15, 0.2) is 0 Å². The predicted octanol–water partition coefficient (Wildman–Crippen LogP) is 1.40. The van der Waals surface area contributed by atoms with Gasteiger partial charge in [0.25, 0.3) is 5.91 Å².